The van der Waals surface area contributed by atoms with Crippen LogP contribution in [0.4, 0.5) is 0 Å². The number of hydrogen-bond donors (Lipinski definition) is 0. The van der Waals surface area contributed by atoms with E-state index in [1.807, 2.05) is 43.3 Å². The topological polar surface area (TPSA) is 52.6 Å². The Hall–Kier alpha value is -2.36. The van der Waals surface area contributed by atoms with E-state index >= 15 is 0 Å². The van der Waals surface area contributed by atoms with Gasteiger partial charge in [-0.05, 0) is 24.8 Å². The Balaban J connectivity index is 2.13. The molecule has 0 spiro atoms. The summed E-state index contributed by atoms with van der Waals surface area (Å²) in [7, 11) is 0. The largest absolute Gasteiger partial charge is 0.466 e. The molecule has 0 bridgehead atoms. The lowest BCUT2D eigenvalue weighted by Gasteiger charge is -2.14. The van der Waals surface area contributed by atoms with Gasteiger partial charge in [-0.15, -0.1) is 0 Å². The summed E-state index contributed by atoms with van der Waals surface area (Å²) in [5.74, 6) is -0.737. The monoisotopic (exact) mass is 300 g/mol. The fourth-order valence-electron chi connectivity index (χ4n) is 2.29. The lowest BCUT2D eigenvalue weighted by atomic mass is 10.0. The standard InChI is InChI=1S/C18H20O4/c1-3-13(12-17(19)21-4-2)18(20)22-16-11-7-9-14-8-5-6-10-15(14)16/h5-11,13H,3-4,12H2,1-2H3. The quantitative estimate of drug-likeness (QED) is 0.602. The van der Waals surface area contributed by atoms with Crippen LogP contribution < -0.4 is 4.74 Å². The van der Waals surface area contributed by atoms with E-state index in [4.69, 9.17) is 9.47 Å². The van der Waals surface area contributed by atoms with Crippen molar-refractivity contribution in [2.45, 2.75) is 26.7 Å². The molecule has 1 unspecified atom stereocenters. The molecule has 1 atom stereocenters. The molecular formula is C18H20O4. The summed E-state index contributed by atoms with van der Waals surface area (Å²) in [5, 5.41) is 1.88. The first-order valence-electron chi connectivity index (χ1n) is 7.50. The molecule has 2 aromatic carbocycles. The molecule has 0 aromatic heterocycles. The molecule has 116 valence electrons. The van der Waals surface area contributed by atoms with E-state index in [9.17, 15) is 9.59 Å². The molecule has 4 heteroatoms. The van der Waals surface area contributed by atoms with Gasteiger partial charge in [-0.1, -0.05) is 43.3 Å². The zero-order valence-electron chi connectivity index (χ0n) is 12.9. The van der Waals surface area contributed by atoms with Crippen molar-refractivity contribution in [2.75, 3.05) is 6.61 Å². The van der Waals surface area contributed by atoms with Crippen LogP contribution in [0.2, 0.25) is 0 Å². The molecule has 0 N–H and O–H groups in total. The second-order valence-corrected chi connectivity index (χ2v) is 5.01. The second-order valence-electron chi connectivity index (χ2n) is 5.01. The van der Waals surface area contributed by atoms with E-state index in [2.05, 4.69) is 0 Å². The third-order valence-corrected chi connectivity index (χ3v) is 3.50. The Kier molecular flexibility index (Phi) is 5.53. The average Bonchev–Trinajstić information content (AvgIpc) is 2.53. The number of hydrogen-bond acceptors (Lipinski definition) is 4. The Morgan fingerprint density at radius 3 is 2.50 bits per heavy atom. The van der Waals surface area contributed by atoms with Crippen molar-refractivity contribution in [2.24, 2.45) is 5.92 Å². The van der Waals surface area contributed by atoms with Gasteiger partial charge in [-0.2, -0.15) is 0 Å². The Morgan fingerprint density at radius 2 is 1.77 bits per heavy atom. The number of benzene rings is 2. The zero-order chi connectivity index (χ0) is 15.9. The zero-order valence-corrected chi connectivity index (χ0v) is 12.9. The maximum absolute atomic E-state index is 12.3. The van der Waals surface area contributed by atoms with Gasteiger partial charge in [0.05, 0.1) is 18.9 Å². The molecule has 0 aliphatic carbocycles. The molecule has 0 heterocycles. The van der Waals surface area contributed by atoms with Gasteiger partial charge < -0.3 is 9.47 Å². The molecule has 22 heavy (non-hydrogen) atoms. The van der Waals surface area contributed by atoms with Crippen molar-refractivity contribution in [3.8, 4) is 5.75 Å². The molecule has 0 aliphatic heterocycles. The van der Waals surface area contributed by atoms with Gasteiger partial charge in [0.2, 0.25) is 0 Å². The lowest BCUT2D eigenvalue weighted by molar-refractivity contribution is -0.150. The number of carbonyl (C=O) groups excluding carboxylic acids is 2. The predicted octanol–water partition coefficient (Wildman–Crippen LogP) is 3.72. The molecule has 0 saturated heterocycles. The number of rotatable bonds is 6. The minimum absolute atomic E-state index is 0.0495. The highest BCUT2D eigenvalue weighted by molar-refractivity contribution is 5.91. The summed E-state index contributed by atoms with van der Waals surface area (Å²) in [5.41, 5.74) is 0. The summed E-state index contributed by atoms with van der Waals surface area (Å²) >= 11 is 0. The van der Waals surface area contributed by atoms with Gasteiger partial charge in [0, 0.05) is 5.39 Å². The number of carbonyl (C=O) groups is 2. The second kappa shape index (κ2) is 7.59. The molecule has 2 rings (SSSR count). The summed E-state index contributed by atoms with van der Waals surface area (Å²) in [4.78, 5) is 23.8. The predicted molar refractivity (Wildman–Crippen MR) is 84.6 cm³/mol. The number of ether oxygens (including phenoxy) is 2. The Morgan fingerprint density at radius 1 is 1.05 bits per heavy atom. The Bertz CT molecular complexity index is 658. The highest BCUT2D eigenvalue weighted by Gasteiger charge is 2.23. The van der Waals surface area contributed by atoms with Crippen molar-refractivity contribution in [1.29, 1.82) is 0 Å². The molecule has 0 aliphatic rings. The fourth-order valence-corrected chi connectivity index (χ4v) is 2.29. The normalized spacial score (nSPS) is 11.9. The number of fused-ring (bicyclic) bond motifs is 1. The van der Waals surface area contributed by atoms with E-state index in [-0.39, 0.29) is 12.4 Å². The van der Waals surface area contributed by atoms with Gasteiger partial charge in [-0.3, -0.25) is 9.59 Å². The Labute approximate surface area is 130 Å². The average molecular weight is 300 g/mol. The fraction of sp³-hybridized carbons (Fsp3) is 0.333. The van der Waals surface area contributed by atoms with Crippen LogP contribution in [-0.4, -0.2) is 18.5 Å². The van der Waals surface area contributed by atoms with E-state index in [1.54, 1.807) is 13.0 Å². The first-order chi connectivity index (χ1) is 10.7. The van der Waals surface area contributed by atoms with Crippen LogP contribution in [0.5, 0.6) is 5.75 Å². The highest BCUT2D eigenvalue weighted by atomic mass is 16.5. The molecule has 2 aromatic rings. The molecule has 0 amide bonds. The first-order valence-corrected chi connectivity index (χ1v) is 7.50. The SMILES string of the molecule is CCOC(=O)CC(CC)C(=O)Oc1cccc2ccccc12. The van der Waals surface area contributed by atoms with Crippen LogP contribution in [0.15, 0.2) is 42.5 Å². The van der Waals surface area contributed by atoms with Crippen LogP contribution in [0.1, 0.15) is 26.7 Å². The van der Waals surface area contributed by atoms with Crippen LogP contribution in [-0.2, 0) is 14.3 Å². The maximum atomic E-state index is 12.3. The van der Waals surface area contributed by atoms with Gasteiger partial charge in [0.15, 0.2) is 0 Å². The van der Waals surface area contributed by atoms with Crippen molar-refractivity contribution >= 4 is 22.7 Å². The van der Waals surface area contributed by atoms with E-state index in [0.717, 1.165) is 10.8 Å². The van der Waals surface area contributed by atoms with E-state index < -0.39 is 11.9 Å². The summed E-state index contributed by atoms with van der Waals surface area (Å²) < 4.78 is 10.4. The van der Waals surface area contributed by atoms with Crippen molar-refractivity contribution in [1.82, 2.24) is 0 Å². The van der Waals surface area contributed by atoms with Crippen LogP contribution in [0.25, 0.3) is 10.8 Å². The number of esters is 2. The maximum Gasteiger partial charge on any atom is 0.314 e. The van der Waals surface area contributed by atoms with Crippen LogP contribution in [0.3, 0.4) is 0 Å². The highest BCUT2D eigenvalue weighted by Crippen LogP contribution is 2.26. The third kappa shape index (κ3) is 3.85. The molecule has 4 nitrogen and oxygen atoms in total. The molecular weight excluding hydrogens is 280 g/mol. The van der Waals surface area contributed by atoms with Gasteiger partial charge in [0.25, 0.3) is 0 Å². The molecule has 0 saturated carbocycles. The van der Waals surface area contributed by atoms with Crippen molar-refractivity contribution in [3.05, 3.63) is 42.5 Å². The molecule has 0 radical (unpaired) electrons. The van der Waals surface area contributed by atoms with Gasteiger partial charge in [0.1, 0.15) is 5.75 Å². The van der Waals surface area contributed by atoms with E-state index in [1.165, 1.54) is 0 Å². The summed E-state index contributed by atoms with van der Waals surface area (Å²) in [6.07, 6.45) is 0.580. The van der Waals surface area contributed by atoms with E-state index in [0.29, 0.717) is 18.8 Å². The minimum Gasteiger partial charge on any atom is -0.466 e. The molecule has 0 fully saturated rings. The van der Waals surface area contributed by atoms with Crippen molar-refractivity contribution < 1.29 is 19.1 Å². The summed E-state index contributed by atoms with van der Waals surface area (Å²) in [6, 6.07) is 13.3. The van der Waals surface area contributed by atoms with Crippen LogP contribution in [0, 0.1) is 5.92 Å². The van der Waals surface area contributed by atoms with Gasteiger partial charge in [-0.25, -0.2) is 0 Å². The minimum atomic E-state index is -0.488. The third-order valence-electron chi connectivity index (χ3n) is 3.50. The smallest absolute Gasteiger partial charge is 0.314 e. The van der Waals surface area contributed by atoms with Crippen molar-refractivity contribution in [3.63, 3.8) is 0 Å². The lowest BCUT2D eigenvalue weighted by Crippen LogP contribution is -2.23. The summed E-state index contributed by atoms with van der Waals surface area (Å²) in [6.45, 7) is 3.91. The van der Waals surface area contributed by atoms with Crippen LogP contribution >= 0.6 is 0 Å². The first kappa shape index (κ1) is 16.0. The van der Waals surface area contributed by atoms with Gasteiger partial charge >= 0.3 is 11.9 Å².